The highest BCUT2D eigenvalue weighted by molar-refractivity contribution is 6.08. The fourth-order valence-electron chi connectivity index (χ4n) is 11.5. The fraction of sp³-hybridized carbons (Fsp3) is 0.370. The van der Waals surface area contributed by atoms with Crippen molar-refractivity contribution in [3.8, 4) is 68.6 Å². The Bertz CT molecular complexity index is 3260. The number of phenols is 9. The Kier molecular flexibility index (Phi) is 9.72. The van der Waals surface area contributed by atoms with Crippen LogP contribution in [0.3, 0.4) is 0 Å². The van der Waals surface area contributed by atoms with E-state index in [2.05, 4.69) is 0 Å². The molecule has 29 heteroatoms. The summed E-state index contributed by atoms with van der Waals surface area (Å²) in [4.78, 5) is 74.2. The Labute approximate surface area is 414 Å². The molecule has 14 N–H and O–H groups in total. The van der Waals surface area contributed by atoms with Crippen molar-refractivity contribution in [1.29, 1.82) is 0 Å². The topological polar surface area (TPSA) is 461 Å². The van der Waals surface area contributed by atoms with E-state index in [-0.39, 0.29) is 0 Å². The molecule has 2 spiro atoms. The van der Waals surface area contributed by atoms with E-state index in [0.717, 1.165) is 18.2 Å². The summed E-state index contributed by atoms with van der Waals surface area (Å²) in [5.74, 6) is -35.8. The lowest BCUT2D eigenvalue weighted by Gasteiger charge is -2.62. The lowest BCUT2D eigenvalue weighted by atomic mass is 9.53. The molecule has 29 nitrogen and oxygen atoms in total. The number of fused-ring (bicyclic) bond motifs is 6. The highest BCUT2D eigenvalue weighted by atomic mass is 16.9. The fourth-order valence-corrected chi connectivity index (χ4v) is 11.5. The normalized spacial score (nSPS) is 36.7. The van der Waals surface area contributed by atoms with Gasteiger partial charge in [0.15, 0.2) is 52.5 Å². The van der Waals surface area contributed by atoms with Crippen LogP contribution in [0, 0.1) is 5.41 Å². The van der Waals surface area contributed by atoms with Crippen molar-refractivity contribution < 1.29 is 143 Å². The first-order valence-electron chi connectivity index (χ1n) is 22.2. The van der Waals surface area contributed by atoms with Gasteiger partial charge in [-0.05, 0) is 36.4 Å². The molecule has 8 aliphatic rings. The predicted octanol–water partition coefficient (Wildman–Crippen LogP) is -2.06. The number of benzene rings is 4. The third-order valence-corrected chi connectivity index (χ3v) is 14.8. The molecule has 4 aromatic carbocycles. The molecule has 0 aromatic heterocycles. The van der Waals surface area contributed by atoms with Gasteiger partial charge in [0, 0.05) is 23.1 Å². The van der Waals surface area contributed by atoms with Crippen molar-refractivity contribution in [3.63, 3.8) is 0 Å². The van der Waals surface area contributed by atoms with E-state index < -0.39 is 229 Å². The Morgan fingerprint density at radius 1 is 0.667 bits per heavy atom. The summed E-state index contributed by atoms with van der Waals surface area (Å²) in [5.41, 5.74) is -9.14. The van der Waals surface area contributed by atoms with Gasteiger partial charge in [0.05, 0.1) is 34.8 Å². The molecule has 14 atom stereocenters. The van der Waals surface area contributed by atoms with Crippen LogP contribution < -0.4 is 4.74 Å². The molecule has 1 aliphatic carbocycles. The number of aliphatic hydroxyl groups excluding tert-OH is 2. The van der Waals surface area contributed by atoms with Gasteiger partial charge < -0.3 is 119 Å². The quantitative estimate of drug-likeness (QED) is 0.0583. The number of rotatable bonds is 2. The van der Waals surface area contributed by atoms with Gasteiger partial charge in [0.25, 0.3) is 0 Å². The van der Waals surface area contributed by atoms with Crippen LogP contribution >= 0.6 is 0 Å². The third-order valence-electron chi connectivity index (χ3n) is 14.8. The second-order valence-corrected chi connectivity index (χ2v) is 18.8. The third kappa shape index (κ3) is 5.93. The minimum atomic E-state index is -3.52. The number of hydrogen-bond acceptors (Lipinski definition) is 29. The van der Waals surface area contributed by atoms with E-state index in [1.165, 1.54) is 0 Å². The Morgan fingerprint density at radius 2 is 1.27 bits per heavy atom. The van der Waals surface area contributed by atoms with Gasteiger partial charge >= 0.3 is 35.6 Å². The maximum Gasteiger partial charge on any atom is 0.340 e. The summed E-state index contributed by atoms with van der Waals surface area (Å²) in [5, 5.41) is 156. The predicted molar refractivity (Wildman–Crippen MR) is 224 cm³/mol. The first-order valence-corrected chi connectivity index (χ1v) is 22.2. The standard InChI is InChI=1S/C46H36O29/c47-15-4-11(5-16(48)25(15)52)35(58)72-39-32-31-30(21(68-39)9-66-36(59)13-6-17(49)26(53)28(55)23(13)24-14(38(61)69-31)7-18(50)27(54)29(24)56)71-41(62)42-10-43(63)46(65)45(64,74-40(42)44(75-43)34(57)19(51)8-67-44)33(42)22-12(37(60)70-32)2-1-3-20(22)73-46/h1-7,19,21,30-34,39-40,47-57,63-65H,8-10H2/t19-,21+,30+,31+,32+,33+,34+,39-,40+,42+,43-,44-,45-,46-/m0/s1. The summed E-state index contributed by atoms with van der Waals surface area (Å²) in [6.07, 6.45) is -20.0. The van der Waals surface area contributed by atoms with Crippen molar-refractivity contribution in [1.82, 2.24) is 0 Å². The van der Waals surface area contributed by atoms with Crippen LogP contribution in [0.5, 0.6) is 57.5 Å². The lowest BCUT2D eigenvalue weighted by molar-refractivity contribution is -0.490. The van der Waals surface area contributed by atoms with Gasteiger partial charge in [-0.1, -0.05) is 6.07 Å². The van der Waals surface area contributed by atoms with Gasteiger partial charge in [-0.3, -0.25) is 4.79 Å². The molecule has 7 aliphatic heterocycles. The highest BCUT2D eigenvalue weighted by Crippen LogP contribution is 2.76. The van der Waals surface area contributed by atoms with Crippen molar-refractivity contribution in [2.75, 3.05) is 13.2 Å². The number of phenolic OH excluding ortho intramolecular Hbond substituents is 9. The summed E-state index contributed by atoms with van der Waals surface area (Å²) >= 11 is 0. The number of carbonyl (C=O) groups is 5. The molecule has 7 heterocycles. The van der Waals surface area contributed by atoms with Crippen LogP contribution in [0.15, 0.2) is 42.5 Å². The second-order valence-electron chi connectivity index (χ2n) is 18.8. The first kappa shape index (κ1) is 47.8. The summed E-state index contributed by atoms with van der Waals surface area (Å²) in [7, 11) is 0. The number of aromatic hydroxyl groups is 9. The van der Waals surface area contributed by atoms with Crippen molar-refractivity contribution >= 4 is 29.8 Å². The second kappa shape index (κ2) is 15.2. The van der Waals surface area contributed by atoms with Gasteiger partial charge in [0.1, 0.15) is 42.2 Å². The van der Waals surface area contributed by atoms with E-state index in [4.69, 9.17) is 47.4 Å². The van der Waals surface area contributed by atoms with Crippen LogP contribution in [0.25, 0.3) is 11.1 Å². The minimum absolute atomic E-state index is 0.403. The van der Waals surface area contributed by atoms with Crippen LogP contribution in [0.1, 0.15) is 59.3 Å². The molecule has 5 fully saturated rings. The average Bonchev–Trinajstić information content (AvgIpc) is 3.76. The van der Waals surface area contributed by atoms with Crippen molar-refractivity contribution in [2.24, 2.45) is 5.41 Å². The number of cyclic esters (lactones) is 1. The SMILES string of the molecule is O=C(O[C@@H]1O[C@@H]2COC(=O)c3cc(O)c(O)c(O)c3-c3c(cc(O)c(O)c3O)C(=O)O[C@H]3[C@H]1OC(=O)c1cccc4c1[C@@H]1[C@@]5(C[C@]6(O)O[C@]7(OC[C@H](O)[C@H]7O)[C@@H]5O[C@]1(O)[C@@]6(O)O4)C(=O)O[C@@H]32)c1cc(O)c(O)c(O)c1. The molecule has 9 bridgehead atoms. The summed E-state index contributed by atoms with van der Waals surface area (Å²) in [6.45, 7) is -2.10. The molecule has 0 radical (unpaired) electrons. The maximum absolute atomic E-state index is 15.9. The zero-order valence-electron chi connectivity index (χ0n) is 37.2. The summed E-state index contributed by atoms with van der Waals surface area (Å²) in [6, 6.07) is 5.33. The average molecular weight is 1050 g/mol. The number of hydrogen-bond donors (Lipinski definition) is 14. The number of ether oxygens (including phenoxy) is 10. The molecule has 394 valence electrons. The highest BCUT2D eigenvalue weighted by Gasteiger charge is 2.95. The monoisotopic (exact) mass is 1050 g/mol. The van der Waals surface area contributed by atoms with E-state index in [1.54, 1.807) is 0 Å². The van der Waals surface area contributed by atoms with Crippen molar-refractivity contribution in [3.05, 3.63) is 70.3 Å². The van der Waals surface area contributed by atoms with Crippen molar-refractivity contribution in [2.45, 2.75) is 84.5 Å². The first-order chi connectivity index (χ1) is 35.3. The van der Waals surface area contributed by atoms with E-state index in [1.807, 2.05) is 0 Å². The van der Waals surface area contributed by atoms with E-state index in [0.29, 0.717) is 24.3 Å². The van der Waals surface area contributed by atoms with Gasteiger partial charge in [-0.2, -0.15) is 0 Å². The Hall–Kier alpha value is -8.13. The number of esters is 5. The molecule has 1 saturated carbocycles. The Balaban J connectivity index is 1.10. The van der Waals surface area contributed by atoms with E-state index in [9.17, 15) is 85.9 Å². The molecular formula is C46H36O29. The lowest BCUT2D eigenvalue weighted by Crippen LogP contribution is -2.83. The minimum Gasteiger partial charge on any atom is -0.504 e. The molecule has 75 heavy (non-hydrogen) atoms. The van der Waals surface area contributed by atoms with Crippen LogP contribution in [0.2, 0.25) is 0 Å². The summed E-state index contributed by atoms with van der Waals surface area (Å²) < 4.78 is 59.0. The maximum atomic E-state index is 15.9. The molecule has 4 saturated heterocycles. The van der Waals surface area contributed by atoms with Gasteiger partial charge in [-0.15, -0.1) is 0 Å². The molecule has 0 unspecified atom stereocenters. The Morgan fingerprint density at radius 3 is 1.89 bits per heavy atom. The van der Waals surface area contributed by atoms with Gasteiger partial charge in [0.2, 0.25) is 41.3 Å². The van der Waals surface area contributed by atoms with Crippen LogP contribution in [-0.2, 0) is 47.4 Å². The zero-order chi connectivity index (χ0) is 53.5. The molecule has 4 aromatic rings. The molecule has 12 rings (SSSR count). The number of aliphatic hydroxyl groups is 5. The van der Waals surface area contributed by atoms with Gasteiger partial charge in [-0.25, -0.2) is 19.2 Å². The smallest absolute Gasteiger partial charge is 0.340 e. The van der Waals surface area contributed by atoms with E-state index >= 15 is 9.59 Å². The largest absolute Gasteiger partial charge is 0.504 e. The zero-order valence-corrected chi connectivity index (χ0v) is 37.2. The van der Waals surface area contributed by atoms with Crippen LogP contribution in [-0.4, -0.2) is 187 Å². The van der Waals surface area contributed by atoms with Crippen LogP contribution in [0.4, 0.5) is 0 Å². The number of carbonyl (C=O) groups excluding carboxylic acids is 5. The molecule has 0 amide bonds. The molecular weight excluding hydrogens is 1020 g/mol.